The number of rotatable bonds is 7. The summed E-state index contributed by atoms with van der Waals surface area (Å²) in [6, 6.07) is 6.21. The Morgan fingerprint density at radius 1 is 1.25 bits per heavy atom. The molecule has 1 aromatic heterocycles. The summed E-state index contributed by atoms with van der Waals surface area (Å²) in [4.78, 5) is 12.3. The number of carbonyl (C=O) groups excluding carboxylic acids is 1. The van der Waals surface area contributed by atoms with Crippen LogP contribution in [0.25, 0.3) is 0 Å². The number of carbonyl (C=O) groups is 1. The highest BCUT2D eigenvalue weighted by Gasteiger charge is 2.39. The second kappa shape index (κ2) is 8.50. The van der Waals surface area contributed by atoms with Gasteiger partial charge < -0.3 is 14.2 Å². The Balaban J connectivity index is 2.08. The van der Waals surface area contributed by atoms with E-state index in [2.05, 4.69) is 0 Å². The van der Waals surface area contributed by atoms with E-state index < -0.39 is 22.0 Å². The van der Waals surface area contributed by atoms with Gasteiger partial charge in [-0.15, -0.1) is 11.3 Å². The molecule has 0 saturated carbocycles. The molecule has 0 fully saturated rings. The van der Waals surface area contributed by atoms with E-state index in [1.165, 1.54) is 11.4 Å². The monoisotopic (exact) mass is 425 g/mol. The van der Waals surface area contributed by atoms with Crippen LogP contribution in [-0.4, -0.2) is 46.1 Å². The van der Waals surface area contributed by atoms with Crippen LogP contribution in [0, 0.1) is 0 Å². The highest BCUT2D eigenvalue weighted by atomic mass is 32.2. The SMILES string of the molecule is CCOC(=O)CC1c2cc(OC)c(OC)cc2CCN1S(=O)(=O)c1cccs1. The van der Waals surface area contributed by atoms with Crippen molar-refractivity contribution >= 4 is 27.3 Å². The lowest BCUT2D eigenvalue weighted by molar-refractivity contribution is -0.144. The molecule has 0 radical (unpaired) electrons. The van der Waals surface area contributed by atoms with Crippen molar-refractivity contribution in [2.24, 2.45) is 0 Å². The molecular weight excluding hydrogens is 402 g/mol. The van der Waals surface area contributed by atoms with Gasteiger partial charge in [0.25, 0.3) is 10.0 Å². The summed E-state index contributed by atoms with van der Waals surface area (Å²) in [5, 5.41) is 1.72. The van der Waals surface area contributed by atoms with Crippen LogP contribution in [0.2, 0.25) is 0 Å². The van der Waals surface area contributed by atoms with Gasteiger partial charge in [-0.1, -0.05) is 6.07 Å². The van der Waals surface area contributed by atoms with Gasteiger partial charge in [-0.3, -0.25) is 4.79 Å². The normalized spacial score (nSPS) is 17.0. The average molecular weight is 426 g/mol. The number of fused-ring (bicyclic) bond motifs is 1. The highest BCUT2D eigenvalue weighted by Crippen LogP contribution is 2.42. The van der Waals surface area contributed by atoms with Crippen LogP contribution in [0.5, 0.6) is 11.5 Å². The van der Waals surface area contributed by atoms with Gasteiger partial charge in [0.1, 0.15) is 4.21 Å². The topological polar surface area (TPSA) is 82.1 Å². The summed E-state index contributed by atoms with van der Waals surface area (Å²) in [6.07, 6.45) is 0.445. The van der Waals surface area contributed by atoms with Gasteiger partial charge in [-0.2, -0.15) is 4.31 Å². The van der Waals surface area contributed by atoms with Crippen molar-refractivity contribution in [1.29, 1.82) is 0 Å². The van der Waals surface area contributed by atoms with E-state index in [1.54, 1.807) is 37.6 Å². The number of ether oxygens (including phenoxy) is 3. The van der Waals surface area contributed by atoms with Crippen molar-refractivity contribution in [2.75, 3.05) is 27.4 Å². The maximum atomic E-state index is 13.2. The molecule has 1 aliphatic heterocycles. The highest BCUT2D eigenvalue weighted by molar-refractivity contribution is 7.91. The number of sulfonamides is 1. The zero-order chi connectivity index (χ0) is 20.3. The molecular formula is C19H23NO6S2. The molecule has 0 saturated heterocycles. The third-order valence-electron chi connectivity index (χ3n) is 4.68. The zero-order valence-electron chi connectivity index (χ0n) is 16.0. The average Bonchev–Trinajstić information content (AvgIpc) is 3.22. The number of esters is 1. The lowest BCUT2D eigenvalue weighted by atomic mass is 9.91. The molecule has 1 unspecified atom stereocenters. The Hall–Kier alpha value is -2.10. The second-order valence-corrected chi connectivity index (χ2v) is 9.29. The minimum atomic E-state index is -3.73. The van der Waals surface area contributed by atoms with Gasteiger partial charge in [0.2, 0.25) is 0 Å². The van der Waals surface area contributed by atoms with E-state index in [4.69, 9.17) is 14.2 Å². The summed E-state index contributed by atoms with van der Waals surface area (Å²) < 4.78 is 43.9. The van der Waals surface area contributed by atoms with E-state index in [1.807, 2.05) is 6.07 Å². The number of nitrogens with zero attached hydrogens (tertiary/aromatic N) is 1. The Morgan fingerprint density at radius 3 is 2.57 bits per heavy atom. The van der Waals surface area contributed by atoms with Crippen molar-refractivity contribution in [3.8, 4) is 11.5 Å². The van der Waals surface area contributed by atoms with Crippen LogP contribution in [0.1, 0.15) is 30.5 Å². The molecule has 152 valence electrons. The maximum absolute atomic E-state index is 13.2. The molecule has 0 spiro atoms. The fourth-order valence-electron chi connectivity index (χ4n) is 3.41. The van der Waals surface area contributed by atoms with Gasteiger partial charge >= 0.3 is 5.97 Å². The standard InChI is InChI=1S/C19H23NO6S2/c1-4-26-18(21)12-15-14-11-17(25-3)16(24-2)10-13(14)7-8-20(15)28(22,23)19-6-5-9-27-19/h5-6,9-11,15H,4,7-8,12H2,1-3H3. The first-order valence-corrected chi connectivity index (χ1v) is 11.2. The second-order valence-electron chi connectivity index (χ2n) is 6.23. The van der Waals surface area contributed by atoms with Crippen LogP contribution in [-0.2, 0) is 26.0 Å². The van der Waals surface area contributed by atoms with Crippen molar-refractivity contribution < 1.29 is 27.4 Å². The van der Waals surface area contributed by atoms with Crippen molar-refractivity contribution in [3.63, 3.8) is 0 Å². The van der Waals surface area contributed by atoms with Gasteiger partial charge in [-0.25, -0.2) is 8.42 Å². The molecule has 7 nitrogen and oxygen atoms in total. The maximum Gasteiger partial charge on any atom is 0.307 e. The molecule has 28 heavy (non-hydrogen) atoms. The van der Waals surface area contributed by atoms with Crippen LogP contribution in [0.4, 0.5) is 0 Å². The number of thiophene rings is 1. The van der Waals surface area contributed by atoms with Crippen molar-refractivity contribution in [2.45, 2.75) is 30.0 Å². The fourth-order valence-corrected chi connectivity index (χ4v) is 6.13. The van der Waals surface area contributed by atoms with Crippen LogP contribution >= 0.6 is 11.3 Å². The molecule has 0 aliphatic carbocycles. The summed E-state index contributed by atoms with van der Waals surface area (Å²) in [5.41, 5.74) is 1.67. The lowest BCUT2D eigenvalue weighted by Crippen LogP contribution is -2.40. The molecule has 2 aromatic rings. The molecule has 1 aliphatic rings. The first-order valence-electron chi connectivity index (χ1n) is 8.88. The Labute approximate surface area is 168 Å². The number of methoxy groups -OCH3 is 2. The van der Waals surface area contributed by atoms with Gasteiger partial charge in [0.05, 0.1) is 33.3 Å². The minimum absolute atomic E-state index is 0.0685. The zero-order valence-corrected chi connectivity index (χ0v) is 17.6. The molecule has 1 atom stereocenters. The van der Waals surface area contributed by atoms with Crippen LogP contribution < -0.4 is 9.47 Å². The van der Waals surface area contributed by atoms with Gasteiger partial charge in [0.15, 0.2) is 11.5 Å². The van der Waals surface area contributed by atoms with E-state index in [-0.39, 0.29) is 23.8 Å². The number of hydrogen-bond donors (Lipinski definition) is 0. The summed E-state index contributed by atoms with van der Waals surface area (Å²) in [6.45, 7) is 2.23. The number of hydrogen-bond acceptors (Lipinski definition) is 7. The molecule has 0 amide bonds. The Morgan fingerprint density at radius 2 is 1.96 bits per heavy atom. The third-order valence-corrected chi connectivity index (χ3v) is 7.96. The lowest BCUT2D eigenvalue weighted by Gasteiger charge is -2.36. The molecule has 9 heteroatoms. The minimum Gasteiger partial charge on any atom is -0.493 e. The van der Waals surface area contributed by atoms with E-state index >= 15 is 0 Å². The molecule has 3 rings (SSSR count). The number of benzene rings is 1. The smallest absolute Gasteiger partial charge is 0.307 e. The summed E-state index contributed by atoms with van der Waals surface area (Å²) >= 11 is 1.16. The Bertz CT molecular complexity index is 940. The largest absolute Gasteiger partial charge is 0.493 e. The predicted molar refractivity (Wildman–Crippen MR) is 105 cm³/mol. The predicted octanol–water partition coefficient (Wildman–Crippen LogP) is 3.01. The van der Waals surface area contributed by atoms with E-state index in [9.17, 15) is 13.2 Å². The molecule has 0 bridgehead atoms. The first kappa shape index (κ1) is 20.6. The van der Waals surface area contributed by atoms with Crippen LogP contribution in [0.3, 0.4) is 0 Å². The molecule has 1 aromatic carbocycles. The molecule has 0 N–H and O–H groups in total. The summed E-state index contributed by atoms with van der Waals surface area (Å²) in [7, 11) is -0.661. The van der Waals surface area contributed by atoms with Crippen molar-refractivity contribution in [3.05, 3.63) is 40.8 Å². The van der Waals surface area contributed by atoms with Gasteiger partial charge in [-0.05, 0) is 48.1 Å². The first-order chi connectivity index (χ1) is 13.4. The Kier molecular flexibility index (Phi) is 6.26. The van der Waals surface area contributed by atoms with E-state index in [0.717, 1.165) is 22.5 Å². The van der Waals surface area contributed by atoms with Crippen LogP contribution in [0.15, 0.2) is 33.9 Å². The quantitative estimate of drug-likeness (QED) is 0.635. The molecule has 2 heterocycles. The fraction of sp³-hybridized carbons (Fsp3) is 0.421. The third kappa shape index (κ3) is 3.87. The van der Waals surface area contributed by atoms with Crippen molar-refractivity contribution in [1.82, 2.24) is 4.31 Å². The van der Waals surface area contributed by atoms with Gasteiger partial charge in [0, 0.05) is 6.54 Å². The summed E-state index contributed by atoms with van der Waals surface area (Å²) in [5.74, 6) is 0.623. The van der Waals surface area contributed by atoms with E-state index in [0.29, 0.717) is 17.9 Å².